The first kappa shape index (κ1) is 24.2. The third-order valence-corrected chi connectivity index (χ3v) is 7.82. The van der Waals surface area contributed by atoms with Crippen molar-refractivity contribution in [3.8, 4) is 6.07 Å². The van der Waals surface area contributed by atoms with Gasteiger partial charge in [0, 0.05) is 55.5 Å². The number of nitrogens with zero attached hydrogens (tertiary/aromatic N) is 4. The molecule has 3 aromatic rings. The summed E-state index contributed by atoms with van der Waals surface area (Å²) in [5.74, 6) is 0.354. The molecule has 0 radical (unpaired) electrons. The van der Waals surface area contributed by atoms with Gasteiger partial charge in [-0.1, -0.05) is 0 Å². The van der Waals surface area contributed by atoms with Gasteiger partial charge < -0.3 is 14.6 Å². The molecule has 0 spiro atoms. The summed E-state index contributed by atoms with van der Waals surface area (Å²) in [4.78, 5) is 30.1. The molecule has 186 valence electrons. The summed E-state index contributed by atoms with van der Waals surface area (Å²) in [6.07, 6.45) is 7.43. The average Bonchev–Trinajstić information content (AvgIpc) is 3.24. The average molecular weight is 487 g/mol. The van der Waals surface area contributed by atoms with Crippen molar-refractivity contribution in [1.29, 1.82) is 5.26 Å². The number of carbonyl (C=O) groups excluding carboxylic acids is 2. The smallest absolute Gasteiger partial charge is 0.318 e. The van der Waals surface area contributed by atoms with Crippen LogP contribution in [-0.2, 0) is 16.6 Å². The number of benzene rings is 1. The van der Waals surface area contributed by atoms with Crippen LogP contribution in [-0.4, -0.2) is 59.2 Å². The Bertz CT molecular complexity index is 1340. The van der Waals surface area contributed by atoms with Crippen molar-refractivity contribution in [3.05, 3.63) is 59.5 Å². The number of likely N-dealkylation sites (tertiary alicyclic amines) is 1. The van der Waals surface area contributed by atoms with E-state index >= 15 is 0 Å². The van der Waals surface area contributed by atoms with E-state index in [-0.39, 0.29) is 17.5 Å². The minimum absolute atomic E-state index is 0.0207. The molecule has 2 saturated heterocycles. The van der Waals surface area contributed by atoms with Gasteiger partial charge in [0.05, 0.1) is 44.3 Å². The number of hydrogen-bond acceptors (Lipinski definition) is 5. The van der Waals surface area contributed by atoms with Crippen LogP contribution < -0.4 is 5.32 Å². The lowest BCUT2D eigenvalue weighted by molar-refractivity contribution is -0.842. The molecule has 8 heteroatoms. The third-order valence-electron chi connectivity index (χ3n) is 7.82. The van der Waals surface area contributed by atoms with Gasteiger partial charge in [0.15, 0.2) is 0 Å². The van der Waals surface area contributed by atoms with Crippen molar-refractivity contribution < 1.29 is 18.8 Å². The van der Waals surface area contributed by atoms with Crippen molar-refractivity contribution in [2.45, 2.75) is 31.6 Å². The van der Waals surface area contributed by atoms with Crippen LogP contribution in [0.1, 0.15) is 53.2 Å². The number of aryl methyl sites for hydroxylation is 1. The number of pyridine rings is 1. The van der Waals surface area contributed by atoms with Crippen LogP contribution in [0.4, 0.5) is 5.69 Å². The molecule has 2 aliphatic heterocycles. The normalized spacial score (nSPS) is 24.2. The van der Waals surface area contributed by atoms with Crippen molar-refractivity contribution in [3.63, 3.8) is 0 Å². The second-order valence-electron chi connectivity index (χ2n) is 10.3. The Morgan fingerprint density at radius 3 is 2.72 bits per heavy atom. The van der Waals surface area contributed by atoms with Gasteiger partial charge in [0.2, 0.25) is 0 Å². The molecular formula is C28H32N5O3+. The third kappa shape index (κ3) is 4.64. The van der Waals surface area contributed by atoms with E-state index < -0.39 is 0 Å². The first-order valence-corrected chi connectivity index (χ1v) is 12.6. The van der Waals surface area contributed by atoms with Crippen molar-refractivity contribution in [2.24, 2.45) is 13.0 Å². The van der Waals surface area contributed by atoms with Gasteiger partial charge in [-0.25, -0.2) is 4.79 Å². The number of piperidine rings is 1. The summed E-state index contributed by atoms with van der Waals surface area (Å²) in [6, 6.07) is 11.0. The standard InChI is InChI=1S/C28H31N5O3/c1-32-17-24(20-8-11-33(2,12-9-20)28(35)21-4-3-13-36-18-21)23-15-22(5-6-26(23)32)31-27(34)25-14-19(16-29)7-10-30-25/h5-7,10,14-15,17,20-21H,3-4,8-9,11-13,18H2,1-2H3/p+1. The molecule has 0 aliphatic carbocycles. The maximum absolute atomic E-state index is 13.3. The Labute approximate surface area is 211 Å². The Kier molecular flexibility index (Phi) is 6.61. The van der Waals surface area contributed by atoms with E-state index in [0.29, 0.717) is 34.2 Å². The topological polar surface area (TPSA) is 97.0 Å². The van der Waals surface area contributed by atoms with Crippen molar-refractivity contribution in [1.82, 2.24) is 9.55 Å². The molecule has 0 saturated carbocycles. The molecule has 1 atom stereocenters. The lowest BCUT2D eigenvalue weighted by Crippen LogP contribution is -2.56. The van der Waals surface area contributed by atoms with Crippen LogP contribution in [0.3, 0.4) is 0 Å². The minimum Gasteiger partial charge on any atom is -0.380 e. The van der Waals surface area contributed by atoms with E-state index in [4.69, 9.17) is 10.00 Å². The highest BCUT2D eigenvalue weighted by atomic mass is 16.5. The SMILES string of the molecule is Cn1cc(C2CC[N+](C)(C(=O)C3CCCOC3)CC2)c2cc(NC(=O)c3cc(C#N)ccn3)ccc21. The van der Waals surface area contributed by atoms with Gasteiger partial charge in [-0.15, -0.1) is 0 Å². The summed E-state index contributed by atoms with van der Waals surface area (Å²) in [5.41, 5.74) is 3.65. The second-order valence-corrected chi connectivity index (χ2v) is 10.3. The van der Waals surface area contributed by atoms with Gasteiger partial charge in [-0.2, -0.15) is 5.26 Å². The van der Waals surface area contributed by atoms with Crippen LogP contribution in [0.2, 0.25) is 0 Å². The number of rotatable bonds is 4. The van der Waals surface area contributed by atoms with Gasteiger partial charge in [-0.3, -0.25) is 14.3 Å². The van der Waals surface area contributed by atoms with Crippen LogP contribution in [0.25, 0.3) is 10.9 Å². The second kappa shape index (κ2) is 9.84. The number of anilines is 1. The van der Waals surface area contributed by atoms with Crippen LogP contribution in [0, 0.1) is 17.2 Å². The zero-order chi connectivity index (χ0) is 25.3. The summed E-state index contributed by atoms with van der Waals surface area (Å²) < 4.78 is 8.19. The predicted molar refractivity (Wildman–Crippen MR) is 136 cm³/mol. The number of nitriles is 1. The molecule has 4 heterocycles. The zero-order valence-corrected chi connectivity index (χ0v) is 20.9. The van der Waals surface area contributed by atoms with Crippen molar-refractivity contribution in [2.75, 3.05) is 38.7 Å². The Hall–Kier alpha value is -3.54. The fourth-order valence-corrected chi connectivity index (χ4v) is 5.69. The molecule has 2 aromatic heterocycles. The summed E-state index contributed by atoms with van der Waals surface area (Å²) in [7, 11) is 4.12. The largest absolute Gasteiger partial charge is 0.380 e. The number of hydrogen-bond donors (Lipinski definition) is 1. The summed E-state index contributed by atoms with van der Waals surface area (Å²) >= 11 is 0. The molecule has 2 aliphatic rings. The molecule has 36 heavy (non-hydrogen) atoms. The first-order valence-electron chi connectivity index (χ1n) is 12.6. The maximum atomic E-state index is 13.3. The lowest BCUT2D eigenvalue weighted by Gasteiger charge is -2.40. The molecule has 1 N–H and O–H groups in total. The van der Waals surface area contributed by atoms with E-state index in [1.165, 1.54) is 17.8 Å². The van der Waals surface area contributed by atoms with Gasteiger partial charge in [-0.05, 0) is 54.7 Å². The number of carbonyl (C=O) groups is 2. The number of nitrogens with one attached hydrogen (secondary N) is 1. The Morgan fingerprint density at radius 2 is 2.00 bits per heavy atom. The van der Waals surface area contributed by atoms with E-state index in [1.54, 1.807) is 6.07 Å². The van der Waals surface area contributed by atoms with E-state index in [2.05, 4.69) is 28.1 Å². The van der Waals surface area contributed by atoms with Gasteiger partial charge >= 0.3 is 5.91 Å². The fourth-order valence-electron chi connectivity index (χ4n) is 5.69. The van der Waals surface area contributed by atoms with Gasteiger partial charge in [0.1, 0.15) is 5.69 Å². The highest BCUT2D eigenvalue weighted by molar-refractivity contribution is 6.04. The first-order chi connectivity index (χ1) is 17.4. The Morgan fingerprint density at radius 1 is 1.19 bits per heavy atom. The van der Waals surface area contributed by atoms with E-state index in [9.17, 15) is 9.59 Å². The highest BCUT2D eigenvalue weighted by Crippen LogP contribution is 2.37. The fraction of sp³-hybridized carbons (Fsp3) is 0.429. The predicted octanol–water partition coefficient (Wildman–Crippen LogP) is 3.97. The summed E-state index contributed by atoms with van der Waals surface area (Å²) in [6.45, 7) is 2.98. The molecule has 5 rings (SSSR count). The number of amides is 2. The van der Waals surface area contributed by atoms with E-state index in [1.807, 2.05) is 31.3 Å². The van der Waals surface area contributed by atoms with E-state index in [0.717, 1.165) is 56.3 Å². The molecule has 2 amide bonds. The quantitative estimate of drug-likeness (QED) is 0.563. The van der Waals surface area contributed by atoms with Gasteiger partial charge in [0.25, 0.3) is 5.91 Å². The van der Waals surface area contributed by atoms with Crippen LogP contribution in [0.5, 0.6) is 0 Å². The van der Waals surface area contributed by atoms with Crippen LogP contribution in [0.15, 0.2) is 42.7 Å². The Balaban J connectivity index is 1.33. The molecule has 0 bridgehead atoms. The highest BCUT2D eigenvalue weighted by Gasteiger charge is 2.42. The zero-order valence-electron chi connectivity index (χ0n) is 20.9. The van der Waals surface area contributed by atoms with Crippen LogP contribution >= 0.6 is 0 Å². The number of fused-ring (bicyclic) bond motifs is 1. The maximum Gasteiger partial charge on any atom is 0.318 e. The molecule has 2 fully saturated rings. The number of quaternary nitrogens is 1. The number of aromatic nitrogens is 2. The lowest BCUT2D eigenvalue weighted by atomic mass is 9.87. The van der Waals surface area contributed by atoms with Crippen molar-refractivity contribution >= 4 is 28.4 Å². The molecule has 1 aromatic carbocycles. The minimum atomic E-state index is -0.347. The summed E-state index contributed by atoms with van der Waals surface area (Å²) in [5, 5.41) is 13.1. The molecule has 1 unspecified atom stereocenters. The molecular weight excluding hydrogens is 454 g/mol. The molecule has 8 nitrogen and oxygen atoms in total. The monoisotopic (exact) mass is 486 g/mol. The number of ether oxygens (including phenoxy) is 1.